The quantitative estimate of drug-likeness (QED) is 0.170. The fourth-order valence-electron chi connectivity index (χ4n) is 8.35. The molecule has 0 radical (unpaired) electrons. The van der Waals surface area contributed by atoms with Crippen molar-refractivity contribution in [3.63, 3.8) is 0 Å². The van der Waals surface area contributed by atoms with Gasteiger partial charge < -0.3 is 30.0 Å². The highest BCUT2D eigenvalue weighted by Gasteiger charge is 2.50. The fraction of sp³-hybridized carbons (Fsp3) is 0.444. The predicted octanol–water partition coefficient (Wildman–Crippen LogP) is 5.99. The lowest BCUT2D eigenvalue weighted by Crippen LogP contribution is -2.58. The number of halogens is 4. The second kappa shape index (κ2) is 13.7. The van der Waals surface area contributed by atoms with Gasteiger partial charge in [-0.3, -0.25) is 19.2 Å². The summed E-state index contributed by atoms with van der Waals surface area (Å²) >= 11 is 7.82. The third kappa shape index (κ3) is 6.16. The van der Waals surface area contributed by atoms with Crippen molar-refractivity contribution in [1.82, 2.24) is 19.7 Å². The zero-order chi connectivity index (χ0) is 39.1. The molecule has 4 aliphatic heterocycles. The van der Waals surface area contributed by atoms with Gasteiger partial charge in [0, 0.05) is 42.8 Å². The number of aromatic nitrogens is 1. The number of nitriles is 1. The van der Waals surface area contributed by atoms with Crippen LogP contribution in [0, 0.1) is 17.1 Å². The molecular formula is C36H37ClF3N7O6S2. The molecule has 1 amide bonds. The van der Waals surface area contributed by atoms with Crippen LogP contribution >= 0.6 is 22.9 Å². The minimum atomic E-state index is -3.97. The minimum Gasteiger partial charge on any atom is -0.488 e. The van der Waals surface area contributed by atoms with Crippen molar-refractivity contribution in [2.45, 2.75) is 69.7 Å². The second-order valence-corrected chi connectivity index (χ2v) is 17.5. The molecule has 55 heavy (non-hydrogen) atoms. The lowest BCUT2D eigenvalue weighted by Gasteiger charge is -2.40. The van der Waals surface area contributed by atoms with Crippen LogP contribution in [0.25, 0.3) is 21.2 Å². The minimum absolute atomic E-state index is 0.0149. The average Bonchev–Trinajstić information content (AvgIpc) is 3.87. The number of amides is 1. The van der Waals surface area contributed by atoms with Gasteiger partial charge in [0.15, 0.2) is 23.9 Å². The van der Waals surface area contributed by atoms with E-state index in [1.54, 1.807) is 12.1 Å². The molecule has 2 aromatic carbocycles. The first-order valence-corrected chi connectivity index (χ1v) is 20.4. The van der Waals surface area contributed by atoms with Crippen LogP contribution in [0.3, 0.4) is 0 Å². The number of carbonyl (C=O) groups excluding carboxylic acids is 1. The van der Waals surface area contributed by atoms with Crippen LogP contribution in [-0.4, -0.2) is 85.3 Å². The number of fused-ring (bicyclic) bond motifs is 4. The normalized spacial score (nSPS) is 24.9. The Labute approximate surface area is 323 Å². The van der Waals surface area contributed by atoms with Crippen LogP contribution in [0.15, 0.2) is 30.5 Å². The number of nitrogens with zero attached hydrogens (tertiary/aromatic N) is 4. The van der Waals surface area contributed by atoms with E-state index in [-0.39, 0.29) is 66.4 Å². The Morgan fingerprint density at radius 2 is 2.09 bits per heavy atom. The molecule has 6 heterocycles. The molecule has 0 aliphatic carbocycles. The summed E-state index contributed by atoms with van der Waals surface area (Å²) in [6, 6.07) is 7.93. The number of alkyl halides is 2. The van der Waals surface area contributed by atoms with Gasteiger partial charge in [-0.2, -0.15) is 18.1 Å². The topological polar surface area (TPSA) is 164 Å². The van der Waals surface area contributed by atoms with Gasteiger partial charge in [-0.1, -0.05) is 17.7 Å². The SMILES string of the molecule is CCS(=O)(=O)O[C@@H](C)C(=O)N(C)[C@H]1Nc2ccc(OC[C@@]34CCCN3C[C@H](F)C4)c3c2[C@H](N1)n1cc(Cl)c(-c2ccc(F)c4sc(N)c(C#N)c24)c1C(F)O3. The molecular weight excluding hydrogens is 783 g/mol. The Bertz CT molecular complexity index is 2390. The van der Waals surface area contributed by atoms with Gasteiger partial charge in [0.05, 0.1) is 32.1 Å². The average molecular weight is 820 g/mol. The highest BCUT2D eigenvalue weighted by molar-refractivity contribution is 7.86. The maximum absolute atomic E-state index is 17.1. The molecule has 0 spiro atoms. The number of anilines is 2. The highest BCUT2D eigenvalue weighted by Crippen LogP contribution is 2.53. The van der Waals surface area contributed by atoms with Crippen molar-refractivity contribution < 1.29 is 40.0 Å². The van der Waals surface area contributed by atoms with Crippen molar-refractivity contribution in [3.05, 3.63) is 58.1 Å². The summed E-state index contributed by atoms with van der Waals surface area (Å²) in [5.41, 5.74) is 6.73. The van der Waals surface area contributed by atoms with Gasteiger partial charge in [-0.25, -0.2) is 8.78 Å². The Balaban J connectivity index is 1.25. The van der Waals surface area contributed by atoms with Crippen molar-refractivity contribution in [2.75, 3.05) is 43.5 Å². The van der Waals surface area contributed by atoms with Crippen LogP contribution in [0.5, 0.6) is 11.5 Å². The van der Waals surface area contributed by atoms with Crippen LogP contribution in [-0.2, 0) is 19.1 Å². The van der Waals surface area contributed by atoms with E-state index in [2.05, 4.69) is 15.5 Å². The van der Waals surface area contributed by atoms with Gasteiger partial charge in [-0.05, 0) is 57.0 Å². The number of nitrogens with one attached hydrogen (secondary N) is 2. The summed E-state index contributed by atoms with van der Waals surface area (Å²) in [6.45, 7) is 3.93. The number of hydrogen-bond acceptors (Lipinski definition) is 12. The van der Waals surface area contributed by atoms with E-state index in [9.17, 15) is 22.9 Å². The summed E-state index contributed by atoms with van der Waals surface area (Å²) in [6.07, 6.45) is -3.16. The number of ether oxygens (including phenoxy) is 2. The first kappa shape index (κ1) is 37.7. The number of carbonyl (C=O) groups is 1. The summed E-state index contributed by atoms with van der Waals surface area (Å²) in [7, 11) is -2.52. The molecule has 292 valence electrons. The van der Waals surface area contributed by atoms with E-state index in [0.717, 1.165) is 30.7 Å². The first-order valence-electron chi connectivity index (χ1n) is 17.7. The van der Waals surface area contributed by atoms with Gasteiger partial charge in [0.1, 0.15) is 41.5 Å². The Morgan fingerprint density at radius 3 is 2.84 bits per heavy atom. The summed E-state index contributed by atoms with van der Waals surface area (Å²) < 4.78 is 90.5. The van der Waals surface area contributed by atoms with Crippen molar-refractivity contribution >= 4 is 59.7 Å². The molecule has 19 heteroatoms. The lowest BCUT2D eigenvalue weighted by molar-refractivity contribution is -0.139. The maximum Gasteiger partial charge on any atom is 0.279 e. The number of hydrogen-bond donors (Lipinski definition) is 3. The number of thiophene rings is 1. The van der Waals surface area contributed by atoms with E-state index in [4.69, 9.17) is 31.0 Å². The monoisotopic (exact) mass is 819 g/mol. The molecule has 0 saturated carbocycles. The first-order chi connectivity index (χ1) is 26.2. The van der Waals surface area contributed by atoms with Gasteiger partial charge in [0.25, 0.3) is 22.4 Å². The summed E-state index contributed by atoms with van der Waals surface area (Å²) in [4.78, 5) is 16.9. The van der Waals surface area contributed by atoms with Crippen molar-refractivity contribution in [3.8, 4) is 28.7 Å². The molecule has 2 aromatic heterocycles. The molecule has 0 bridgehead atoms. The highest BCUT2D eigenvalue weighted by atomic mass is 35.5. The molecule has 4 aliphatic rings. The van der Waals surface area contributed by atoms with Crippen LogP contribution < -0.4 is 25.8 Å². The molecule has 4 aromatic rings. The lowest BCUT2D eigenvalue weighted by atomic mass is 9.95. The standard InChI is InChI=1S/C36H37ClF3N7O6S2/c1-4-55(49,50)53-17(2)34(48)45(3)35-43-23-8-9-24(51-16-36-10-5-11-46(36)14-18(38)12-36)29-27(23)33(44-35)47-15-21(37)26(28(47)31(40)52-29)19-6-7-22(39)30-25(19)20(13-41)32(42)54-30/h6-9,15,17-18,31,33,35,43-44H,4-5,10-12,14,16,42H2,1-3H3/t17-,18+,31?,33+,35-,36-/m0/s1. The number of rotatable bonds is 9. The van der Waals surface area contributed by atoms with Crippen LogP contribution in [0.4, 0.5) is 23.9 Å². The Kier molecular flexibility index (Phi) is 9.41. The zero-order valence-corrected chi connectivity index (χ0v) is 32.3. The fourth-order valence-corrected chi connectivity index (χ4v) is 10.3. The third-order valence-electron chi connectivity index (χ3n) is 11.0. The molecule has 8 rings (SSSR count). The van der Waals surface area contributed by atoms with Gasteiger partial charge in [-0.15, -0.1) is 11.3 Å². The number of nitrogens with two attached hydrogens (primary N) is 1. The maximum atomic E-state index is 17.1. The molecule has 13 nitrogen and oxygen atoms in total. The molecule has 6 atom stereocenters. The molecule has 2 fully saturated rings. The predicted molar refractivity (Wildman–Crippen MR) is 200 cm³/mol. The number of likely N-dealkylation sites (N-methyl/N-ethyl adjacent to an activating group) is 1. The van der Waals surface area contributed by atoms with Crippen LogP contribution in [0.2, 0.25) is 5.02 Å². The smallest absolute Gasteiger partial charge is 0.279 e. The molecule has 1 unspecified atom stereocenters. The second-order valence-electron chi connectivity index (χ2n) is 14.2. The van der Waals surface area contributed by atoms with Gasteiger partial charge >= 0.3 is 0 Å². The van der Waals surface area contributed by atoms with E-state index in [1.807, 2.05) is 6.07 Å². The summed E-state index contributed by atoms with van der Waals surface area (Å²) in [5, 5.41) is 16.9. The van der Waals surface area contributed by atoms with Gasteiger partial charge in [0.2, 0.25) is 0 Å². The third-order valence-corrected chi connectivity index (χ3v) is 13.6. The van der Waals surface area contributed by atoms with Crippen molar-refractivity contribution in [2.24, 2.45) is 0 Å². The largest absolute Gasteiger partial charge is 0.488 e. The van der Waals surface area contributed by atoms with E-state index in [1.165, 1.54) is 48.7 Å². The summed E-state index contributed by atoms with van der Waals surface area (Å²) in [5.74, 6) is -1.39. The van der Waals surface area contributed by atoms with Crippen LogP contribution in [0.1, 0.15) is 62.5 Å². The molecule has 2 saturated heterocycles. The number of nitrogen functional groups attached to an aromatic ring is 1. The van der Waals surface area contributed by atoms with Crippen molar-refractivity contribution in [1.29, 1.82) is 5.26 Å². The Hall–Kier alpha value is -4.25. The Morgan fingerprint density at radius 1 is 1.31 bits per heavy atom. The number of benzene rings is 2. The molecule has 4 N–H and O–H groups in total. The van der Waals surface area contributed by atoms with E-state index >= 15 is 8.78 Å². The zero-order valence-electron chi connectivity index (χ0n) is 29.9. The van der Waals surface area contributed by atoms with E-state index < -0.39 is 58.5 Å². The van der Waals surface area contributed by atoms with E-state index in [0.29, 0.717) is 24.2 Å².